The average molecular weight is 655 g/mol. The van der Waals surface area contributed by atoms with Crippen LogP contribution in [-0.4, -0.2) is 68.1 Å². The molecule has 3 heterocycles. The number of halogens is 4. The van der Waals surface area contributed by atoms with Crippen LogP contribution in [0.1, 0.15) is 51.3 Å². The molecule has 1 aliphatic carbocycles. The maximum Gasteiger partial charge on any atom is 0.490 e. The minimum Gasteiger partial charge on any atom is -0.475 e. The number of carboxylic acid groups (broad SMARTS) is 1. The zero-order valence-corrected chi connectivity index (χ0v) is 25.3. The number of hydrogen-bond acceptors (Lipinski definition) is 7. The van der Waals surface area contributed by atoms with E-state index in [1.165, 1.54) is 4.88 Å². The number of carbonyl (C=O) groups excluding carboxylic acids is 1. The second kappa shape index (κ2) is 14.2. The van der Waals surface area contributed by atoms with Crippen LogP contribution in [0.4, 0.5) is 22.7 Å². The van der Waals surface area contributed by atoms with Gasteiger partial charge >= 0.3 is 12.1 Å². The van der Waals surface area contributed by atoms with Crippen LogP contribution in [0.3, 0.4) is 0 Å². The highest BCUT2D eigenvalue weighted by atomic mass is 32.1. The molecule has 0 radical (unpaired) electrons. The van der Waals surface area contributed by atoms with Gasteiger partial charge in [0.05, 0.1) is 30.1 Å². The molecule has 1 fully saturated rings. The molecule has 2 aromatic carbocycles. The summed E-state index contributed by atoms with van der Waals surface area (Å²) in [5.41, 5.74) is 5.21. The molecule has 4 aromatic rings. The number of nitrogens with one attached hydrogen (secondary N) is 1. The van der Waals surface area contributed by atoms with Crippen LogP contribution >= 0.6 is 11.3 Å². The third-order valence-corrected chi connectivity index (χ3v) is 8.90. The molecule has 240 valence electrons. The SMILES string of the molecule is N#Cc1ccc(-c2cnn(Cc3cccc(C(=O)Nc4nc5c(s4)CC(N4CCC(F)CC4)CC5)c3)c2)cc1.O=C(O)C(F)(F)F. The summed E-state index contributed by atoms with van der Waals surface area (Å²) >= 11 is 1.56. The van der Waals surface area contributed by atoms with Crippen molar-refractivity contribution in [3.8, 4) is 17.2 Å². The molecular weight excluding hydrogens is 624 g/mol. The Morgan fingerprint density at radius 3 is 2.48 bits per heavy atom. The maximum absolute atomic E-state index is 13.6. The van der Waals surface area contributed by atoms with Gasteiger partial charge in [-0.3, -0.25) is 19.7 Å². The quantitative estimate of drug-likeness (QED) is 0.241. The molecule has 1 aliphatic heterocycles. The number of amides is 1. The molecule has 1 unspecified atom stereocenters. The highest BCUT2D eigenvalue weighted by molar-refractivity contribution is 7.15. The molecule has 9 nitrogen and oxygen atoms in total. The Balaban J connectivity index is 0.000000537. The summed E-state index contributed by atoms with van der Waals surface area (Å²) in [6.45, 7) is 2.19. The van der Waals surface area contributed by atoms with Crippen molar-refractivity contribution in [2.45, 2.75) is 57.0 Å². The molecular formula is C32H30F4N6O3S. The molecule has 2 aliphatic rings. The predicted molar refractivity (Wildman–Crippen MR) is 163 cm³/mol. The van der Waals surface area contributed by atoms with Crippen LogP contribution in [0.2, 0.25) is 0 Å². The number of thiazole rings is 1. The topological polar surface area (TPSA) is 124 Å². The van der Waals surface area contributed by atoms with E-state index in [2.05, 4.69) is 21.4 Å². The fourth-order valence-corrected chi connectivity index (χ4v) is 6.53. The number of carbonyl (C=O) groups is 2. The molecule has 1 amide bonds. The van der Waals surface area contributed by atoms with Crippen LogP contribution in [0.25, 0.3) is 11.1 Å². The Bertz CT molecular complexity index is 1720. The van der Waals surface area contributed by atoms with Gasteiger partial charge in [-0.25, -0.2) is 14.2 Å². The Kier molecular flexibility index (Phi) is 10.1. The number of benzene rings is 2. The van der Waals surface area contributed by atoms with E-state index in [1.807, 2.05) is 47.3 Å². The number of anilines is 1. The number of nitriles is 1. The van der Waals surface area contributed by atoms with Gasteiger partial charge in [0, 0.05) is 41.3 Å². The van der Waals surface area contributed by atoms with Crippen molar-refractivity contribution in [3.05, 3.63) is 88.2 Å². The summed E-state index contributed by atoms with van der Waals surface area (Å²) in [5.74, 6) is -2.93. The van der Waals surface area contributed by atoms with Gasteiger partial charge in [-0.05, 0) is 67.5 Å². The lowest BCUT2D eigenvalue weighted by molar-refractivity contribution is -0.192. The number of carboxylic acids is 1. The zero-order chi connectivity index (χ0) is 32.8. The van der Waals surface area contributed by atoms with E-state index >= 15 is 0 Å². The van der Waals surface area contributed by atoms with E-state index in [4.69, 9.17) is 20.1 Å². The van der Waals surface area contributed by atoms with Gasteiger partial charge in [0.1, 0.15) is 6.17 Å². The van der Waals surface area contributed by atoms with Crippen LogP contribution in [0.5, 0.6) is 0 Å². The van der Waals surface area contributed by atoms with Crippen molar-refractivity contribution >= 4 is 28.3 Å². The second-order valence-corrected chi connectivity index (χ2v) is 12.2. The molecule has 46 heavy (non-hydrogen) atoms. The first-order chi connectivity index (χ1) is 22.0. The van der Waals surface area contributed by atoms with Gasteiger partial charge < -0.3 is 5.11 Å². The first kappa shape index (κ1) is 32.8. The smallest absolute Gasteiger partial charge is 0.475 e. The van der Waals surface area contributed by atoms with Crippen molar-refractivity contribution in [1.29, 1.82) is 5.26 Å². The molecule has 0 spiro atoms. The molecule has 1 saturated heterocycles. The van der Waals surface area contributed by atoms with Crippen molar-refractivity contribution in [2.24, 2.45) is 0 Å². The van der Waals surface area contributed by atoms with Crippen LogP contribution in [0, 0.1) is 11.3 Å². The Labute approximate surface area is 266 Å². The molecule has 0 bridgehead atoms. The normalized spacial score (nSPS) is 16.9. The third kappa shape index (κ3) is 8.35. The Morgan fingerprint density at radius 1 is 1.09 bits per heavy atom. The van der Waals surface area contributed by atoms with Crippen LogP contribution in [-0.2, 0) is 24.2 Å². The Morgan fingerprint density at radius 2 is 1.80 bits per heavy atom. The van der Waals surface area contributed by atoms with E-state index in [9.17, 15) is 22.4 Å². The minimum atomic E-state index is -5.08. The first-order valence-corrected chi connectivity index (χ1v) is 15.4. The predicted octanol–water partition coefficient (Wildman–Crippen LogP) is 6.10. The largest absolute Gasteiger partial charge is 0.490 e. The number of aromatic nitrogens is 3. The van der Waals surface area contributed by atoms with Crippen LogP contribution in [0.15, 0.2) is 60.9 Å². The van der Waals surface area contributed by atoms with E-state index in [-0.39, 0.29) is 5.91 Å². The summed E-state index contributed by atoms with van der Waals surface area (Å²) in [5, 5.41) is 24.2. The summed E-state index contributed by atoms with van der Waals surface area (Å²) in [4.78, 5) is 30.4. The summed E-state index contributed by atoms with van der Waals surface area (Å²) in [7, 11) is 0. The van der Waals surface area contributed by atoms with Crippen LogP contribution < -0.4 is 5.32 Å². The fraction of sp³-hybridized carbons (Fsp3) is 0.344. The lowest BCUT2D eigenvalue weighted by Gasteiger charge is -2.37. The summed E-state index contributed by atoms with van der Waals surface area (Å²) < 4.78 is 47.1. The number of likely N-dealkylation sites (tertiary alicyclic amines) is 1. The van der Waals surface area contributed by atoms with Gasteiger partial charge in [0.15, 0.2) is 5.13 Å². The summed E-state index contributed by atoms with van der Waals surface area (Å²) in [6.07, 6.45) is 2.13. The standard InChI is InChI=1S/C30H29FN6OS.C2HF3O2/c31-25-10-12-36(13-11-25)26-8-9-27-28(15-26)39-30(34-27)35-29(38)23-3-1-2-21(14-23)18-37-19-24(17-33-37)22-6-4-20(16-32)5-7-22;3-2(4,5)1(6)7/h1-7,14,17,19,25-26H,8-13,15,18H2,(H,34,35,38);(H,6,7). The van der Waals surface area contributed by atoms with E-state index in [1.54, 1.807) is 29.7 Å². The molecule has 6 rings (SSSR count). The highest BCUT2D eigenvalue weighted by Crippen LogP contribution is 2.33. The number of hydrogen-bond donors (Lipinski definition) is 2. The number of aryl methyl sites for hydroxylation is 1. The van der Waals surface area contributed by atoms with E-state index in [0.29, 0.717) is 41.7 Å². The maximum atomic E-state index is 13.6. The monoisotopic (exact) mass is 654 g/mol. The number of nitrogens with zero attached hydrogens (tertiary/aromatic N) is 5. The van der Waals surface area contributed by atoms with Gasteiger partial charge in [0.2, 0.25) is 0 Å². The average Bonchev–Trinajstić information content (AvgIpc) is 3.67. The number of fused-ring (bicyclic) bond motifs is 1. The minimum absolute atomic E-state index is 0.178. The number of aliphatic carboxylic acids is 1. The summed E-state index contributed by atoms with van der Waals surface area (Å²) in [6, 6.07) is 17.5. The van der Waals surface area contributed by atoms with E-state index in [0.717, 1.165) is 54.7 Å². The first-order valence-electron chi connectivity index (χ1n) is 14.6. The fourth-order valence-electron chi connectivity index (χ4n) is 5.46. The van der Waals surface area contributed by atoms with Gasteiger partial charge in [-0.2, -0.15) is 23.5 Å². The molecule has 0 saturated carbocycles. The molecule has 1 atom stereocenters. The molecule has 2 N–H and O–H groups in total. The van der Waals surface area contributed by atoms with Gasteiger partial charge in [-0.15, -0.1) is 11.3 Å². The van der Waals surface area contributed by atoms with Gasteiger partial charge in [0.25, 0.3) is 5.91 Å². The van der Waals surface area contributed by atoms with Crippen molar-refractivity contribution in [3.63, 3.8) is 0 Å². The van der Waals surface area contributed by atoms with Crippen molar-refractivity contribution < 1.29 is 32.3 Å². The number of rotatable bonds is 6. The molecule has 14 heteroatoms. The number of alkyl halides is 4. The highest BCUT2D eigenvalue weighted by Gasteiger charge is 2.38. The molecule has 2 aromatic heterocycles. The lowest BCUT2D eigenvalue weighted by atomic mass is 9.94. The number of piperidine rings is 1. The Hall–Kier alpha value is -4.61. The van der Waals surface area contributed by atoms with Gasteiger partial charge in [-0.1, -0.05) is 24.3 Å². The van der Waals surface area contributed by atoms with E-state index < -0.39 is 18.3 Å². The second-order valence-electron chi connectivity index (χ2n) is 11.1. The van der Waals surface area contributed by atoms with Crippen molar-refractivity contribution in [1.82, 2.24) is 19.7 Å². The third-order valence-electron chi connectivity index (χ3n) is 7.87. The zero-order valence-electron chi connectivity index (χ0n) is 24.5. The van der Waals surface area contributed by atoms with Crippen molar-refractivity contribution in [2.75, 3.05) is 18.4 Å². The lowest BCUT2D eigenvalue weighted by Crippen LogP contribution is -2.44.